The minimum absolute atomic E-state index is 0.0716. The average molecular weight is 259 g/mol. The number of aldehydes is 1. The van der Waals surface area contributed by atoms with E-state index in [1.54, 1.807) is 35.6 Å². The van der Waals surface area contributed by atoms with Gasteiger partial charge in [-0.15, -0.1) is 11.3 Å². The quantitative estimate of drug-likeness (QED) is 0.838. The first-order valence-electron chi connectivity index (χ1n) is 5.66. The standard InChI is InChI=1S/C14H13NO2S/c16-10-11-4-1-2-6-13(11)15-14(17)8-7-12-5-3-9-18-12/h1-6,9-10H,7-8H2,(H,15,17). The van der Waals surface area contributed by atoms with Crippen LogP contribution in [0.1, 0.15) is 21.7 Å². The molecule has 2 aromatic rings. The second-order valence-electron chi connectivity index (χ2n) is 3.83. The van der Waals surface area contributed by atoms with Gasteiger partial charge in [-0.1, -0.05) is 18.2 Å². The highest BCUT2D eigenvalue weighted by molar-refractivity contribution is 7.09. The molecule has 1 aromatic heterocycles. The van der Waals surface area contributed by atoms with Gasteiger partial charge >= 0.3 is 0 Å². The zero-order chi connectivity index (χ0) is 12.8. The summed E-state index contributed by atoms with van der Waals surface area (Å²) in [5, 5.41) is 4.75. The van der Waals surface area contributed by atoms with Crippen molar-refractivity contribution in [1.82, 2.24) is 0 Å². The first-order chi connectivity index (χ1) is 8.79. The Hall–Kier alpha value is -1.94. The van der Waals surface area contributed by atoms with Crippen molar-refractivity contribution < 1.29 is 9.59 Å². The molecule has 18 heavy (non-hydrogen) atoms. The molecular formula is C14H13NO2S. The molecule has 0 atom stereocenters. The van der Waals surface area contributed by atoms with Crippen molar-refractivity contribution in [3.63, 3.8) is 0 Å². The van der Waals surface area contributed by atoms with Gasteiger partial charge in [0.2, 0.25) is 5.91 Å². The molecule has 0 aliphatic rings. The van der Waals surface area contributed by atoms with Gasteiger partial charge < -0.3 is 5.32 Å². The van der Waals surface area contributed by atoms with E-state index >= 15 is 0 Å². The number of benzene rings is 1. The van der Waals surface area contributed by atoms with Crippen LogP contribution < -0.4 is 5.32 Å². The molecule has 1 N–H and O–H groups in total. The van der Waals surface area contributed by atoms with Gasteiger partial charge in [0.25, 0.3) is 0 Å². The molecule has 3 nitrogen and oxygen atoms in total. The van der Waals surface area contributed by atoms with Gasteiger partial charge in [-0.3, -0.25) is 9.59 Å². The summed E-state index contributed by atoms with van der Waals surface area (Å²) in [5.41, 5.74) is 1.07. The summed E-state index contributed by atoms with van der Waals surface area (Å²) in [6, 6.07) is 11.0. The highest BCUT2D eigenvalue weighted by Gasteiger charge is 2.06. The molecule has 0 aliphatic heterocycles. The number of thiophene rings is 1. The van der Waals surface area contributed by atoms with Crippen LogP contribution in [-0.4, -0.2) is 12.2 Å². The molecular weight excluding hydrogens is 246 g/mol. The molecule has 92 valence electrons. The molecule has 0 radical (unpaired) electrons. The van der Waals surface area contributed by atoms with E-state index in [2.05, 4.69) is 5.32 Å². The Morgan fingerprint density at radius 2 is 2.06 bits per heavy atom. The van der Waals surface area contributed by atoms with Gasteiger partial charge in [0.15, 0.2) is 6.29 Å². The van der Waals surface area contributed by atoms with Gasteiger partial charge in [0.1, 0.15) is 0 Å². The summed E-state index contributed by atoms with van der Waals surface area (Å²) >= 11 is 1.64. The molecule has 0 saturated heterocycles. The fourth-order valence-corrected chi connectivity index (χ4v) is 2.33. The molecule has 0 saturated carbocycles. The van der Waals surface area contributed by atoms with Gasteiger partial charge in [-0.25, -0.2) is 0 Å². The minimum atomic E-state index is -0.0716. The van der Waals surface area contributed by atoms with Crippen molar-refractivity contribution in [1.29, 1.82) is 0 Å². The van der Waals surface area contributed by atoms with Gasteiger partial charge in [0.05, 0.1) is 5.69 Å². The lowest BCUT2D eigenvalue weighted by Gasteiger charge is -2.06. The average Bonchev–Trinajstić information content (AvgIpc) is 2.90. The van der Waals surface area contributed by atoms with Crippen molar-refractivity contribution in [3.05, 3.63) is 52.2 Å². The minimum Gasteiger partial charge on any atom is -0.325 e. The van der Waals surface area contributed by atoms with Gasteiger partial charge in [-0.05, 0) is 30.0 Å². The van der Waals surface area contributed by atoms with Crippen LogP contribution in [-0.2, 0) is 11.2 Å². The fourth-order valence-electron chi connectivity index (χ4n) is 1.62. The highest BCUT2D eigenvalue weighted by atomic mass is 32.1. The SMILES string of the molecule is O=Cc1ccccc1NC(=O)CCc1cccs1. The van der Waals surface area contributed by atoms with Crippen LogP contribution in [0.2, 0.25) is 0 Å². The first-order valence-corrected chi connectivity index (χ1v) is 6.54. The summed E-state index contributed by atoms with van der Waals surface area (Å²) in [4.78, 5) is 23.7. The second-order valence-corrected chi connectivity index (χ2v) is 4.86. The second kappa shape index (κ2) is 6.12. The van der Waals surface area contributed by atoms with E-state index in [1.165, 1.54) is 4.88 Å². The number of nitrogens with one attached hydrogen (secondary N) is 1. The van der Waals surface area contributed by atoms with E-state index in [9.17, 15) is 9.59 Å². The molecule has 1 aromatic carbocycles. The van der Waals surface area contributed by atoms with Crippen molar-refractivity contribution in [3.8, 4) is 0 Å². The van der Waals surface area contributed by atoms with Crippen LogP contribution in [0, 0.1) is 0 Å². The predicted octanol–water partition coefficient (Wildman–Crippen LogP) is 3.13. The normalized spacial score (nSPS) is 10.0. The Morgan fingerprint density at radius 3 is 2.78 bits per heavy atom. The maximum atomic E-state index is 11.8. The first kappa shape index (κ1) is 12.5. The van der Waals surface area contributed by atoms with Crippen LogP contribution in [0.4, 0.5) is 5.69 Å². The predicted molar refractivity (Wildman–Crippen MR) is 73.1 cm³/mol. The third-order valence-electron chi connectivity index (χ3n) is 2.54. The summed E-state index contributed by atoms with van der Waals surface area (Å²) in [6.45, 7) is 0. The fraction of sp³-hybridized carbons (Fsp3) is 0.143. The number of hydrogen-bond donors (Lipinski definition) is 1. The number of amides is 1. The molecule has 0 spiro atoms. The Morgan fingerprint density at radius 1 is 1.22 bits per heavy atom. The van der Waals surface area contributed by atoms with E-state index in [0.29, 0.717) is 17.7 Å². The third kappa shape index (κ3) is 3.28. The number of para-hydroxylation sites is 1. The lowest BCUT2D eigenvalue weighted by atomic mass is 10.2. The Balaban J connectivity index is 1.92. The van der Waals surface area contributed by atoms with Crippen LogP contribution >= 0.6 is 11.3 Å². The topological polar surface area (TPSA) is 46.2 Å². The van der Waals surface area contributed by atoms with Crippen molar-refractivity contribution in [2.24, 2.45) is 0 Å². The zero-order valence-electron chi connectivity index (χ0n) is 9.76. The smallest absolute Gasteiger partial charge is 0.224 e. The third-order valence-corrected chi connectivity index (χ3v) is 3.48. The van der Waals surface area contributed by atoms with Crippen molar-refractivity contribution in [2.45, 2.75) is 12.8 Å². The summed E-state index contributed by atoms with van der Waals surface area (Å²) in [5.74, 6) is -0.0716. The van der Waals surface area contributed by atoms with Crippen molar-refractivity contribution >= 4 is 29.2 Å². The number of carbonyl (C=O) groups excluding carboxylic acids is 2. The van der Waals surface area contributed by atoms with Crippen LogP contribution in [0.5, 0.6) is 0 Å². The number of rotatable bonds is 5. The van der Waals surface area contributed by atoms with Crippen LogP contribution in [0.3, 0.4) is 0 Å². The van der Waals surface area contributed by atoms with E-state index in [4.69, 9.17) is 0 Å². The molecule has 1 heterocycles. The van der Waals surface area contributed by atoms with E-state index in [-0.39, 0.29) is 5.91 Å². The van der Waals surface area contributed by atoms with E-state index in [0.717, 1.165) is 12.7 Å². The summed E-state index contributed by atoms with van der Waals surface area (Å²) in [6.07, 6.45) is 1.90. The van der Waals surface area contributed by atoms with Gasteiger partial charge in [0, 0.05) is 16.9 Å². The number of hydrogen-bond acceptors (Lipinski definition) is 3. The highest BCUT2D eigenvalue weighted by Crippen LogP contribution is 2.14. The molecule has 0 aliphatic carbocycles. The lowest BCUT2D eigenvalue weighted by Crippen LogP contribution is -2.13. The molecule has 0 fully saturated rings. The Bertz CT molecular complexity index is 534. The number of carbonyl (C=O) groups is 2. The summed E-state index contributed by atoms with van der Waals surface area (Å²) in [7, 11) is 0. The molecule has 2 rings (SSSR count). The number of anilines is 1. The maximum Gasteiger partial charge on any atom is 0.224 e. The molecule has 1 amide bonds. The zero-order valence-corrected chi connectivity index (χ0v) is 10.6. The van der Waals surface area contributed by atoms with Gasteiger partial charge in [-0.2, -0.15) is 0 Å². The molecule has 4 heteroatoms. The van der Waals surface area contributed by atoms with Crippen molar-refractivity contribution in [2.75, 3.05) is 5.32 Å². The Kier molecular flexibility index (Phi) is 4.25. The van der Waals surface area contributed by atoms with E-state index < -0.39 is 0 Å². The monoisotopic (exact) mass is 259 g/mol. The summed E-state index contributed by atoms with van der Waals surface area (Å²) < 4.78 is 0. The number of aryl methyl sites for hydroxylation is 1. The lowest BCUT2D eigenvalue weighted by molar-refractivity contribution is -0.116. The molecule has 0 unspecified atom stereocenters. The Labute approximate surface area is 109 Å². The van der Waals surface area contributed by atoms with E-state index in [1.807, 2.05) is 17.5 Å². The van der Waals surface area contributed by atoms with Crippen LogP contribution in [0.15, 0.2) is 41.8 Å². The molecule has 0 bridgehead atoms. The largest absolute Gasteiger partial charge is 0.325 e. The van der Waals surface area contributed by atoms with Crippen LogP contribution in [0.25, 0.3) is 0 Å². The maximum absolute atomic E-state index is 11.8.